The first-order chi connectivity index (χ1) is 11.2. The summed E-state index contributed by atoms with van der Waals surface area (Å²) in [5.74, 6) is 0.863. The van der Waals surface area contributed by atoms with Crippen LogP contribution in [0.25, 0.3) is 0 Å². The Kier molecular flexibility index (Phi) is 5.31. The van der Waals surface area contributed by atoms with E-state index in [4.69, 9.17) is 0 Å². The van der Waals surface area contributed by atoms with E-state index in [1.807, 2.05) is 4.90 Å². The van der Waals surface area contributed by atoms with Crippen LogP contribution in [0.15, 0.2) is 12.4 Å². The van der Waals surface area contributed by atoms with Crippen LogP contribution >= 0.6 is 0 Å². The van der Waals surface area contributed by atoms with Crippen molar-refractivity contribution in [3.63, 3.8) is 0 Å². The number of H-pyrrole nitrogens is 1. The van der Waals surface area contributed by atoms with Gasteiger partial charge in [-0.05, 0) is 30.7 Å². The van der Waals surface area contributed by atoms with Gasteiger partial charge in [0, 0.05) is 32.1 Å². The number of amides is 2. The average Bonchev–Trinajstić information content (AvgIpc) is 3.17. The molecule has 23 heavy (non-hydrogen) atoms. The lowest BCUT2D eigenvalue weighted by molar-refractivity contribution is -0.128. The van der Waals surface area contributed by atoms with E-state index in [-0.39, 0.29) is 17.9 Å². The average molecular weight is 318 g/mol. The number of nitrogens with one attached hydrogen (secondary N) is 2. The maximum atomic E-state index is 12.1. The number of likely N-dealkylation sites (tertiary alicyclic amines) is 1. The number of hydrogen-bond acceptors (Lipinski definition) is 3. The van der Waals surface area contributed by atoms with Gasteiger partial charge < -0.3 is 10.2 Å². The molecular formula is C17H26N4O2. The van der Waals surface area contributed by atoms with Gasteiger partial charge in [0.2, 0.25) is 11.8 Å². The van der Waals surface area contributed by atoms with E-state index in [2.05, 4.69) is 15.5 Å². The molecule has 0 bridgehead atoms. The number of aryl methyl sites for hydroxylation is 1. The molecule has 1 aromatic rings. The molecule has 1 aliphatic heterocycles. The van der Waals surface area contributed by atoms with Crippen LogP contribution in [0.3, 0.4) is 0 Å². The van der Waals surface area contributed by atoms with Gasteiger partial charge in [-0.1, -0.05) is 19.3 Å². The molecule has 1 saturated carbocycles. The van der Waals surface area contributed by atoms with Gasteiger partial charge in [0.25, 0.3) is 0 Å². The zero-order chi connectivity index (χ0) is 16.1. The maximum Gasteiger partial charge on any atom is 0.224 e. The third kappa shape index (κ3) is 4.56. The Labute approximate surface area is 137 Å². The lowest BCUT2D eigenvalue weighted by Gasteiger charge is -2.27. The van der Waals surface area contributed by atoms with Gasteiger partial charge in [-0.2, -0.15) is 5.10 Å². The molecule has 6 heteroatoms. The van der Waals surface area contributed by atoms with Crippen molar-refractivity contribution in [1.82, 2.24) is 20.4 Å². The van der Waals surface area contributed by atoms with Crippen molar-refractivity contribution in [3.8, 4) is 0 Å². The summed E-state index contributed by atoms with van der Waals surface area (Å²) in [6, 6.07) is -0.0251. The number of hydrogen-bond donors (Lipinski definition) is 2. The molecule has 126 valence electrons. The molecule has 6 nitrogen and oxygen atoms in total. The molecule has 2 aliphatic rings. The standard InChI is InChI=1S/C17H26N4O2/c22-16(7-6-14-9-18-19-10-14)20-15-8-17(23)21(12-15)11-13-4-2-1-3-5-13/h9-10,13,15H,1-8,11-12H2,(H,18,19)(H,20,22). The number of carbonyl (C=O) groups is 2. The van der Waals surface area contributed by atoms with Crippen molar-refractivity contribution in [2.24, 2.45) is 5.92 Å². The number of carbonyl (C=O) groups excluding carboxylic acids is 2. The summed E-state index contributed by atoms with van der Waals surface area (Å²) < 4.78 is 0. The minimum absolute atomic E-state index is 0.0171. The Bertz CT molecular complexity index is 523. The van der Waals surface area contributed by atoms with Crippen LogP contribution in [0.5, 0.6) is 0 Å². The number of nitrogens with zero attached hydrogens (tertiary/aromatic N) is 2. The van der Waals surface area contributed by atoms with Gasteiger partial charge >= 0.3 is 0 Å². The predicted octanol–water partition coefficient (Wildman–Crippen LogP) is 1.64. The van der Waals surface area contributed by atoms with Gasteiger partial charge in [0.15, 0.2) is 0 Å². The zero-order valence-electron chi connectivity index (χ0n) is 13.6. The number of aromatic amines is 1. The highest BCUT2D eigenvalue weighted by atomic mass is 16.2. The third-order valence-corrected chi connectivity index (χ3v) is 4.98. The molecule has 1 aliphatic carbocycles. The van der Waals surface area contributed by atoms with Gasteiger partial charge in [0.05, 0.1) is 12.2 Å². The van der Waals surface area contributed by atoms with E-state index in [1.54, 1.807) is 12.4 Å². The topological polar surface area (TPSA) is 78.1 Å². The summed E-state index contributed by atoms with van der Waals surface area (Å²) >= 11 is 0. The van der Waals surface area contributed by atoms with Crippen LogP contribution < -0.4 is 5.32 Å². The lowest BCUT2D eigenvalue weighted by atomic mass is 9.89. The Morgan fingerprint density at radius 2 is 2.17 bits per heavy atom. The van der Waals surface area contributed by atoms with Crippen LogP contribution in [-0.2, 0) is 16.0 Å². The van der Waals surface area contributed by atoms with Crippen molar-refractivity contribution in [1.29, 1.82) is 0 Å². The second-order valence-corrected chi connectivity index (χ2v) is 6.88. The van der Waals surface area contributed by atoms with Crippen LogP contribution in [0, 0.1) is 5.92 Å². The van der Waals surface area contributed by atoms with E-state index in [0.717, 1.165) is 12.1 Å². The van der Waals surface area contributed by atoms with E-state index in [0.29, 0.717) is 31.7 Å². The Balaban J connectivity index is 1.40. The van der Waals surface area contributed by atoms with Gasteiger partial charge in [0.1, 0.15) is 0 Å². The zero-order valence-corrected chi connectivity index (χ0v) is 13.6. The summed E-state index contributed by atoms with van der Waals surface area (Å²) in [6.45, 7) is 1.55. The number of rotatable bonds is 6. The van der Waals surface area contributed by atoms with Crippen molar-refractivity contribution < 1.29 is 9.59 Å². The SMILES string of the molecule is O=C(CCc1cn[nH]c1)NC1CC(=O)N(CC2CCCCC2)C1. The summed E-state index contributed by atoms with van der Waals surface area (Å²) in [7, 11) is 0. The predicted molar refractivity (Wildman–Crippen MR) is 86.6 cm³/mol. The van der Waals surface area contributed by atoms with E-state index >= 15 is 0 Å². The lowest BCUT2D eigenvalue weighted by Crippen LogP contribution is -2.38. The molecule has 1 atom stereocenters. The van der Waals surface area contributed by atoms with Crippen LogP contribution in [0.1, 0.15) is 50.5 Å². The quantitative estimate of drug-likeness (QED) is 0.837. The fraction of sp³-hybridized carbons (Fsp3) is 0.706. The fourth-order valence-electron chi connectivity index (χ4n) is 3.70. The molecule has 0 radical (unpaired) electrons. The normalized spacial score (nSPS) is 22.5. The molecule has 2 fully saturated rings. The Morgan fingerprint density at radius 1 is 1.35 bits per heavy atom. The molecule has 1 aromatic heterocycles. The van der Waals surface area contributed by atoms with Crippen LogP contribution in [0.2, 0.25) is 0 Å². The second kappa shape index (κ2) is 7.62. The Morgan fingerprint density at radius 3 is 2.91 bits per heavy atom. The monoisotopic (exact) mass is 318 g/mol. The molecule has 2 heterocycles. The first-order valence-corrected chi connectivity index (χ1v) is 8.75. The highest BCUT2D eigenvalue weighted by Crippen LogP contribution is 2.26. The van der Waals surface area contributed by atoms with Crippen LogP contribution in [-0.4, -0.2) is 46.0 Å². The van der Waals surface area contributed by atoms with E-state index < -0.39 is 0 Å². The summed E-state index contributed by atoms with van der Waals surface area (Å²) in [4.78, 5) is 26.1. The second-order valence-electron chi connectivity index (χ2n) is 6.88. The van der Waals surface area contributed by atoms with Crippen LogP contribution in [0.4, 0.5) is 0 Å². The molecular weight excluding hydrogens is 292 g/mol. The molecule has 3 rings (SSSR count). The largest absolute Gasteiger partial charge is 0.351 e. The highest BCUT2D eigenvalue weighted by molar-refractivity contribution is 5.82. The van der Waals surface area contributed by atoms with Crippen molar-refractivity contribution in [2.45, 2.75) is 57.4 Å². The Hall–Kier alpha value is -1.85. The number of aromatic nitrogens is 2. The maximum absolute atomic E-state index is 12.1. The van der Waals surface area contributed by atoms with E-state index in [1.165, 1.54) is 32.1 Å². The first kappa shape index (κ1) is 16.0. The van der Waals surface area contributed by atoms with Crippen molar-refractivity contribution >= 4 is 11.8 Å². The summed E-state index contributed by atoms with van der Waals surface area (Å²) in [5, 5.41) is 9.62. The summed E-state index contributed by atoms with van der Waals surface area (Å²) in [6.07, 6.45) is 11.5. The molecule has 1 unspecified atom stereocenters. The van der Waals surface area contributed by atoms with Crippen molar-refractivity contribution in [2.75, 3.05) is 13.1 Å². The third-order valence-electron chi connectivity index (χ3n) is 4.98. The fourth-order valence-corrected chi connectivity index (χ4v) is 3.70. The molecule has 0 aromatic carbocycles. The minimum atomic E-state index is -0.0251. The minimum Gasteiger partial charge on any atom is -0.351 e. The van der Waals surface area contributed by atoms with Gasteiger partial charge in [-0.15, -0.1) is 0 Å². The van der Waals surface area contributed by atoms with Gasteiger partial charge in [-0.25, -0.2) is 0 Å². The van der Waals surface area contributed by atoms with Gasteiger partial charge in [-0.3, -0.25) is 14.7 Å². The molecule has 0 spiro atoms. The van der Waals surface area contributed by atoms with E-state index in [9.17, 15) is 9.59 Å². The van der Waals surface area contributed by atoms with Crippen molar-refractivity contribution in [3.05, 3.63) is 18.0 Å². The molecule has 2 amide bonds. The summed E-state index contributed by atoms with van der Waals surface area (Å²) in [5.41, 5.74) is 1.03. The first-order valence-electron chi connectivity index (χ1n) is 8.75. The smallest absolute Gasteiger partial charge is 0.224 e. The highest BCUT2D eigenvalue weighted by Gasteiger charge is 2.32. The molecule has 1 saturated heterocycles. The molecule has 2 N–H and O–H groups in total.